The molecule has 1 saturated heterocycles. The molecular formula is C23H20BrN3O5. The van der Waals surface area contributed by atoms with Crippen LogP contribution < -0.4 is 4.74 Å². The summed E-state index contributed by atoms with van der Waals surface area (Å²) in [4.78, 5) is 30.7. The topological polar surface area (TPSA) is 106 Å². The molecular weight excluding hydrogens is 478 g/mol. The highest BCUT2D eigenvalue weighted by molar-refractivity contribution is 9.10. The lowest BCUT2D eigenvalue weighted by molar-refractivity contribution is 0.101. The fourth-order valence-electron chi connectivity index (χ4n) is 4.15. The molecule has 2 aromatic carbocycles. The van der Waals surface area contributed by atoms with Gasteiger partial charge >= 0.3 is 6.09 Å². The second-order valence-corrected chi connectivity index (χ2v) is 8.78. The van der Waals surface area contributed by atoms with E-state index in [1.165, 1.54) is 11.0 Å². The minimum atomic E-state index is -0.930. The maximum Gasteiger partial charge on any atom is 0.407 e. The average Bonchev–Trinajstić information content (AvgIpc) is 3.31. The Morgan fingerprint density at radius 1 is 1.19 bits per heavy atom. The fourth-order valence-corrected chi connectivity index (χ4v) is 4.51. The molecule has 0 bridgehead atoms. The van der Waals surface area contributed by atoms with Gasteiger partial charge < -0.3 is 24.8 Å². The van der Waals surface area contributed by atoms with E-state index < -0.39 is 6.09 Å². The Bertz CT molecular complexity index is 1270. The van der Waals surface area contributed by atoms with Gasteiger partial charge in [-0.3, -0.25) is 9.69 Å². The lowest BCUT2D eigenvalue weighted by atomic mass is 10.0. The van der Waals surface area contributed by atoms with Gasteiger partial charge in [-0.1, -0.05) is 15.9 Å². The van der Waals surface area contributed by atoms with Gasteiger partial charge in [0.05, 0.1) is 11.1 Å². The number of hydrogen-bond acceptors (Lipinski definition) is 5. The number of rotatable bonds is 3. The standard InChI is InChI=1S/C23H20BrN3O5/c24-14-1-3-18-16(10-14)13(11-25-18)9-20-21(29)15-2-4-19(28)17(22(15)32-20)12-26-5-7-27(8-6-26)23(30)31/h1-4,9-11,25,28H,5-8,12H2,(H,30,31). The van der Waals surface area contributed by atoms with Crippen molar-refractivity contribution in [3.63, 3.8) is 0 Å². The third-order valence-corrected chi connectivity index (χ3v) is 6.40. The molecule has 0 aliphatic carbocycles. The molecule has 164 valence electrons. The van der Waals surface area contributed by atoms with Gasteiger partial charge in [0, 0.05) is 59.9 Å². The minimum Gasteiger partial charge on any atom is -0.507 e. The van der Waals surface area contributed by atoms with Crippen molar-refractivity contribution in [2.45, 2.75) is 6.54 Å². The molecule has 1 aromatic heterocycles. The molecule has 0 radical (unpaired) electrons. The lowest BCUT2D eigenvalue weighted by Gasteiger charge is -2.33. The number of aromatic nitrogens is 1. The number of aromatic amines is 1. The highest BCUT2D eigenvalue weighted by atomic mass is 79.9. The summed E-state index contributed by atoms with van der Waals surface area (Å²) < 4.78 is 6.91. The molecule has 32 heavy (non-hydrogen) atoms. The van der Waals surface area contributed by atoms with E-state index in [4.69, 9.17) is 9.84 Å². The first-order valence-electron chi connectivity index (χ1n) is 10.2. The van der Waals surface area contributed by atoms with Crippen molar-refractivity contribution in [1.82, 2.24) is 14.8 Å². The van der Waals surface area contributed by atoms with E-state index in [0.717, 1.165) is 20.9 Å². The van der Waals surface area contributed by atoms with E-state index in [1.807, 2.05) is 29.3 Å². The van der Waals surface area contributed by atoms with Gasteiger partial charge in [0.25, 0.3) is 0 Å². The maximum atomic E-state index is 13.0. The van der Waals surface area contributed by atoms with E-state index in [-0.39, 0.29) is 17.3 Å². The van der Waals surface area contributed by atoms with Crippen LogP contribution in [-0.2, 0) is 6.54 Å². The number of Topliss-reactive ketones (excluding diaryl/α,β-unsaturated/α-hetero) is 1. The van der Waals surface area contributed by atoms with Crippen LogP contribution in [0.1, 0.15) is 21.5 Å². The lowest BCUT2D eigenvalue weighted by Crippen LogP contribution is -2.47. The Morgan fingerprint density at radius 2 is 1.97 bits per heavy atom. The molecule has 3 heterocycles. The quantitative estimate of drug-likeness (QED) is 0.471. The van der Waals surface area contributed by atoms with Crippen LogP contribution >= 0.6 is 15.9 Å². The second-order valence-electron chi connectivity index (χ2n) is 7.86. The van der Waals surface area contributed by atoms with E-state index in [0.29, 0.717) is 49.6 Å². The molecule has 0 saturated carbocycles. The minimum absolute atomic E-state index is 0.0505. The van der Waals surface area contributed by atoms with Crippen LogP contribution in [0.4, 0.5) is 4.79 Å². The summed E-state index contributed by atoms with van der Waals surface area (Å²) in [5, 5.41) is 20.6. The number of phenols is 1. The number of phenolic OH excluding ortho intramolecular Hbond substituents is 1. The Morgan fingerprint density at radius 3 is 2.72 bits per heavy atom. The number of piperazine rings is 1. The number of benzene rings is 2. The fraction of sp³-hybridized carbons (Fsp3) is 0.217. The highest BCUT2D eigenvalue weighted by Gasteiger charge is 2.32. The summed E-state index contributed by atoms with van der Waals surface area (Å²) in [5.74, 6) is 0.377. The van der Waals surface area contributed by atoms with Crippen molar-refractivity contribution in [3.8, 4) is 11.5 Å². The number of ether oxygens (including phenoxy) is 1. The van der Waals surface area contributed by atoms with Crippen LogP contribution in [-0.4, -0.2) is 63.1 Å². The van der Waals surface area contributed by atoms with Crippen LogP contribution in [0.2, 0.25) is 0 Å². The number of carbonyl (C=O) groups is 2. The molecule has 2 aliphatic heterocycles. The zero-order valence-corrected chi connectivity index (χ0v) is 18.6. The van der Waals surface area contributed by atoms with Crippen molar-refractivity contribution >= 4 is 44.8 Å². The normalized spacial score (nSPS) is 17.7. The van der Waals surface area contributed by atoms with Crippen LogP contribution in [0, 0.1) is 0 Å². The van der Waals surface area contributed by atoms with Crippen LogP contribution in [0.15, 0.2) is 46.8 Å². The summed E-state index contributed by atoms with van der Waals surface area (Å²) in [6, 6.07) is 8.95. The third-order valence-electron chi connectivity index (χ3n) is 5.90. The van der Waals surface area contributed by atoms with Gasteiger partial charge in [0.2, 0.25) is 5.78 Å². The first-order chi connectivity index (χ1) is 15.4. The maximum absolute atomic E-state index is 13.0. The zero-order chi connectivity index (χ0) is 22.4. The molecule has 2 aliphatic rings. The van der Waals surface area contributed by atoms with Crippen LogP contribution in [0.5, 0.6) is 11.5 Å². The average molecular weight is 498 g/mol. The van der Waals surface area contributed by atoms with E-state index >= 15 is 0 Å². The van der Waals surface area contributed by atoms with E-state index in [9.17, 15) is 14.7 Å². The summed E-state index contributed by atoms with van der Waals surface area (Å²) in [6.07, 6.45) is 2.60. The number of hydrogen-bond donors (Lipinski definition) is 3. The van der Waals surface area contributed by atoms with Gasteiger partial charge in [0.1, 0.15) is 11.5 Å². The van der Waals surface area contributed by atoms with Crippen molar-refractivity contribution in [2.75, 3.05) is 26.2 Å². The number of carbonyl (C=O) groups excluding carboxylic acids is 1. The first kappa shape index (κ1) is 20.6. The van der Waals surface area contributed by atoms with Crippen LogP contribution in [0.3, 0.4) is 0 Å². The largest absolute Gasteiger partial charge is 0.507 e. The van der Waals surface area contributed by atoms with Crippen LogP contribution in [0.25, 0.3) is 17.0 Å². The SMILES string of the molecule is O=C1C(=Cc2c[nH]c3ccc(Br)cc23)Oc2c1ccc(O)c2CN1CCN(C(=O)O)CC1. The number of nitrogens with zero attached hydrogens (tertiary/aromatic N) is 2. The molecule has 3 N–H and O–H groups in total. The molecule has 3 aromatic rings. The molecule has 8 nitrogen and oxygen atoms in total. The van der Waals surface area contributed by atoms with Gasteiger partial charge in [-0.2, -0.15) is 0 Å². The number of carboxylic acid groups (broad SMARTS) is 1. The number of fused-ring (bicyclic) bond motifs is 2. The molecule has 1 amide bonds. The number of amides is 1. The van der Waals surface area contributed by atoms with Gasteiger partial charge in [-0.05, 0) is 36.4 Å². The highest BCUT2D eigenvalue weighted by Crippen LogP contribution is 2.40. The summed E-state index contributed by atoms with van der Waals surface area (Å²) in [5.41, 5.74) is 2.72. The molecule has 9 heteroatoms. The molecule has 0 unspecified atom stereocenters. The van der Waals surface area contributed by atoms with Crippen molar-refractivity contribution in [1.29, 1.82) is 0 Å². The Hall–Kier alpha value is -3.30. The molecule has 0 spiro atoms. The predicted molar refractivity (Wildman–Crippen MR) is 122 cm³/mol. The van der Waals surface area contributed by atoms with Gasteiger partial charge in [-0.15, -0.1) is 0 Å². The second kappa shape index (κ2) is 7.99. The first-order valence-corrected chi connectivity index (χ1v) is 11.0. The number of aromatic hydroxyl groups is 1. The van der Waals surface area contributed by atoms with Crippen molar-refractivity contribution in [2.24, 2.45) is 0 Å². The Kier molecular flexibility index (Phi) is 5.15. The summed E-state index contributed by atoms with van der Waals surface area (Å²) in [6.45, 7) is 2.23. The number of allylic oxidation sites excluding steroid dienone is 1. The third kappa shape index (κ3) is 3.63. The predicted octanol–water partition coefficient (Wildman–Crippen LogP) is 4.05. The molecule has 0 atom stereocenters. The van der Waals surface area contributed by atoms with E-state index in [2.05, 4.69) is 20.9 Å². The van der Waals surface area contributed by atoms with E-state index in [1.54, 1.807) is 12.1 Å². The number of halogens is 1. The van der Waals surface area contributed by atoms with Gasteiger partial charge in [-0.25, -0.2) is 4.79 Å². The Balaban J connectivity index is 1.43. The van der Waals surface area contributed by atoms with Gasteiger partial charge in [0.15, 0.2) is 5.76 Å². The Labute approximate surface area is 191 Å². The molecule has 5 rings (SSSR count). The molecule has 1 fully saturated rings. The summed E-state index contributed by atoms with van der Waals surface area (Å²) in [7, 11) is 0. The van der Waals surface area contributed by atoms with Crippen molar-refractivity contribution in [3.05, 3.63) is 63.5 Å². The monoisotopic (exact) mass is 497 g/mol. The zero-order valence-electron chi connectivity index (χ0n) is 17.0. The summed E-state index contributed by atoms with van der Waals surface area (Å²) >= 11 is 3.47. The van der Waals surface area contributed by atoms with Crippen molar-refractivity contribution < 1.29 is 24.5 Å². The number of nitrogens with one attached hydrogen (secondary N) is 1. The smallest absolute Gasteiger partial charge is 0.407 e. The number of H-pyrrole nitrogens is 1. The number of ketones is 1.